The van der Waals surface area contributed by atoms with Crippen LogP contribution in [0.15, 0.2) is 58.3 Å². The number of nitrogens with one attached hydrogen (secondary N) is 1. The number of halogens is 1. The molecule has 1 N–H and O–H groups in total. The molecule has 0 saturated heterocycles. The maximum atomic E-state index is 12.0. The number of carbonyl (C=O) groups is 1. The largest absolute Gasteiger partial charge is 0.494 e. The summed E-state index contributed by atoms with van der Waals surface area (Å²) >= 11 is 6.97. The van der Waals surface area contributed by atoms with Crippen LogP contribution in [0.4, 0.5) is 5.69 Å². The first-order valence-corrected chi connectivity index (χ1v) is 9.85. The number of thioether (sulfide) groups is 1. The van der Waals surface area contributed by atoms with Crippen molar-refractivity contribution >= 4 is 35.0 Å². The minimum atomic E-state index is -0.183. The number of nitrogens with zero attached hydrogens (tertiary/aromatic N) is 2. The smallest absolute Gasteiger partial charge is 0.286 e. The van der Waals surface area contributed by atoms with Crippen LogP contribution in [0.1, 0.15) is 12.7 Å². The highest BCUT2D eigenvalue weighted by Crippen LogP contribution is 2.20. The van der Waals surface area contributed by atoms with E-state index >= 15 is 0 Å². The van der Waals surface area contributed by atoms with E-state index in [4.69, 9.17) is 25.6 Å². The van der Waals surface area contributed by atoms with Gasteiger partial charge in [-0.05, 0) is 55.5 Å². The Kier molecular flexibility index (Phi) is 7.16. The van der Waals surface area contributed by atoms with Gasteiger partial charge >= 0.3 is 0 Å². The maximum absolute atomic E-state index is 12.0. The van der Waals surface area contributed by atoms with Crippen LogP contribution < -0.4 is 14.8 Å². The first-order chi connectivity index (χ1) is 13.6. The summed E-state index contributed by atoms with van der Waals surface area (Å²) in [6, 6.07) is 14.1. The van der Waals surface area contributed by atoms with Gasteiger partial charge in [-0.2, -0.15) is 4.98 Å². The zero-order chi connectivity index (χ0) is 19.8. The van der Waals surface area contributed by atoms with E-state index in [0.717, 1.165) is 17.5 Å². The van der Waals surface area contributed by atoms with Crippen LogP contribution in [0.3, 0.4) is 0 Å². The lowest BCUT2D eigenvalue weighted by molar-refractivity contribution is -0.113. The van der Waals surface area contributed by atoms with Gasteiger partial charge < -0.3 is 19.3 Å². The molecular weight excluding hydrogens is 402 g/mol. The molecule has 0 radical (unpaired) electrons. The summed E-state index contributed by atoms with van der Waals surface area (Å²) < 4.78 is 16.1. The molecule has 0 saturated carbocycles. The van der Waals surface area contributed by atoms with Gasteiger partial charge in [-0.25, -0.2) is 0 Å². The highest BCUT2D eigenvalue weighted by atomic mass is 35.5. The van der Waals surface area contributed by atoms with Crippen LogP contribution in [0, 0.1) is 0 Å². The molecule has 0 spiro atoms. The second-order valence-electron chi connectivity index (χ2n) is 5.51. The molecule has 1 heterocycles. The molecule has 2 aromatic carbocycles. The van der Waals surface area contributed by atoms with Crippen molar-refractivity contribution in [3.05, 3.63) is 59.4 Å². The molecule has 9 heteroatoms. The first kappa shape index (κ1) is 20.0. The lowest BCUT2D eigenvalue weighted by Crippen LogP contribution is -2.13. The summed E-state index contributed by atoms with van der Waals surface area (Å²) in [5.41, 5.74) is 0.671. The normalized spacial score (nSPS) is 10.5. The lowest BCUT2D eigenvalue weighted by Gasteiger charge is -2.05. The number of hydrogen-bond donors (Lipinski definition) is 1. The van der Waals surface area contributed by atoms with E-state index in [1.54, 1.807) is 24.3 Å². The Labute approximate surface area is 171 Å². The molecular formula is C19H18ClN3O4S. The van der Waals surface area contributed by atoms with Gasteiger partial charge in [-0.3, -0.25) is 4.79 Å². The van der Waals surface area contributed by atoms with Gasteiger partial charge in [-0.1, -0.05) is 28.5 Å². The van der Waals surface area contributed by atoms with Crippen LogP contribution in [-0.4, -0.2) is 28.4 Å². The molecule has 0 aliphatic carbocycles. The SMILES string of the molecule is CCOc1ccc(OCc2noc(SCC(=O)Nc3ccc(Cl)cc3)n2)cc1. The topological polar surface area (TPSA) is 86.5 Å². The van der Waals surface area contributed by atoms with E-state index in [1.165, 1.54) is 0 Å². The fourth-order valence-electron chi connectivity index (χ4n) is 2.16. The van der Waals surface area contributed by atoms with Gasteiger partial charge in [-0.15, -0.1) is 0 Å². The fourth-order valence-corrected chi connectivity index (χ4v) is 2.87. The van der Waals surface area contributed by atoms with Gasteiger partial charge in [0, 0.05) is 10.7 Å². The average molecular weight is 420 g/mol. The first-order valence-electron chi connectivity index (χ1n) is 8.49. The Bertz CT molecular complexity index is 900. The summed E-state index contributed by atoms with van der Waals surface area (Å²) in [7, 11) is 0. The van der Waals surface area contributed by atoms with Crippen LogP contribution >= 0.6 is 23.4 Å². The third-order valence-corrected chi connectivity index (χ3v) is 4.48. The molecule has 0 unspecified atom stereocenters. The molecule has 0 bridgehead atoms. The molecule has 1 amide bonds. The second kappa shape index (κ2) is 10.0. The number of rotatable bonds is 9. The Morgan fingerprint density at radius 3 is 2.46 bits per heavy atom. The van der Waals surface area contributed by atoms with Gasteiger partial charge in [0.2, 0.25) is 11.7 Å². The van der Waals surface area contributed by atoms with E-state index in [1.807, 2.05) is 31.2 Å². The number of carbonyl (C=O) groups excluding carboxylic acids is 1. The van der Waals surface area contributed by atoms with E-state index < -0.39 is 0 Å². The molecule has 0 aliphatic rings. The van der Waals surface area contributed by atoms with Crippen LogP contribution in [0.2, 0.25) is 5.02 Å². The highest BCUT2D eigenvalue weighted by molar-refractivity contribution is 7.99. The number of aromatic nitrogens is 2. The van der Waals surface area contributed by atoms with Gasteiger partial charge in [0.25, 0.3) is 5.22 Å². The number of benzene rings is 2. The van der Waals surface area contributed by atoms with E-state index in [2.05, 4.69) is 15.5 Å². The summed E-state index contributed by atoms with van der Waals surface area (Å²) in [6.07, 6.45) is 0. The average Bonchev–Trinajstić information content (AvgIpc) is 3.16. The second-order valence-corrected chi connectivity index (χ2v) is 6.88. The van der Waals surface area contributed by atoms with E-state index in [0.29, 0.717) is 34.1 Å². The number of amides is 1. The third kappa shape index (κ3) is 6.17. The minimum absolute atomic E-state index is 0.143. The van der Waals surface area contributed by atoms with E-state index in [-0.39, 0.29) is 18.3 Å². The van der Waals surface area contributed by atoms with E-state index in [9.17, 15) is 4.79 Å². The molecule has 3 rings (SSSR count). The van der Waals surface area contributed by atoms with Crippen LogP contribution in [0.25, 0.3) is 0 Å². The number of anilines is 1. The Hall–Kier alpha value is -2.71. The maximum Gasteiger partial charge on any atom is 0.286 e. The van der Waals surface area contributed by atoms with Crippen LogP contribution in [-0.2, 0) is 11.4 Å². The lowest BCUT2D eigenvalue weighted by atomic mass is 10.3. The van der Waals surface area contributed by atoms with Crippen molar-refractivity contribution in [2.75, 3.05) is 17.7 Å². The highest BCUT2D eigenvalue weighted by Gasteiger charge is 2.11. The monoisotopic (exact) mass is 419 g/mol. The Morgan fingerprint density at radius 2 is 1.79 bits per heavy atom. The predicted octanol–water partition coefficient (Wildman–Crippen LogP) is 4.43. The molecule has 7 nitrogen and oxygen atoms in total. The molecule has 3 aromatic rings. The molecule has 0 fully saturated rings. The molecule has 1 aromatic heterocycles. The van der Waals surface area contributed by atoms with Crippen molar-refractivity contribution in [3.8, 4) is 11.5 Å². The quantitative estimate of drug-likeness (QED) is 0.513. The van der Waals surface area contributed by atoms with Crippen molar-refractivity contribution in [1.82, 2.24) is 10.1 Å². The molecule has 0 atom stereocenters. The molecule has 0 aliphatic heterocycles. The van der Waals surface area contributed by atoms with Gasteiger partial charge in [0.1, 0.15) is 11.5 Å². The van der Waals surface area contributed by atoms with Gasteiger partial charge in [0.15, 0.2) is 6.61 Å². The van der Waals surface area contributed by atoms with Gasteiger partial charge in [0.05, 0.1) is 12.4 Å². The van der Waals surface area contributed by atoms with Crippen molar-refractivity contribution in [2.24, 2.45) is 0 Å². The summed E-state index contributed by atoms with van der Waals surface area (Å²) in [5, 5.41) is 7.52. The van der Waals surface area contributed by atoms with Crippen molar-refractivity contribution in [2.45, 2.75) is 18.8 Å². The summed E-state index contributed by atoms with van der Waals surface area (Å²) in [6.45, 7) is 2.70. The zero-order valence-electron chi connectivity index (χ0n) is 15.1. The molecule has 146 valence electrons. The molecule has 28 heavy (non-hydrogen) atoms. The predicted molar refractivity (Wildman–Crippen MR) is 107 cm³/mol. The Morgan fingerprint density at radius 1 is 1.11 bits per heavy atom. The fraction of sp³-hybridized carbons (Fsp3) is 0.211. The minimum Gasteiger partial charge on any atom is -0.494 e. The van der Waals surface area contributed by atoms with Crippen molar-refractivity contribution in [3.63, 3.8) is 0 Å². The number of ether oxygens (including phenoxy) is 2. The number of hydrogen-bond acceptors (Lipinski definition) is 7. The zero-order valence-corrected chi connectivity index (χ0v) is 16.6. The van der Waals surface area contributed by atoms with Crippen molar-refractivity contribution in [1.29, 1.82) is 0 Å². The summed E-state index contributed by atoms with van der Waals surface area (Å²) in [5.74, 6) is 1.81. The standard InChI is InChI=1S/C19H18ClN3O4S/c1-2-25-15-7-9-16(10-8-15)26-11-17-22-19(27-23-17)28-12-18(24)21-14-5-3-13(20)4-6-14/h3-10H,2,11-12H2,1H3,(H,21,24). The summed E-state index contributed by atoms with van der Waals surface area (Å²) in [4.78, 5) is 16.2. The Balaban J connectivity index is 1.43. The third-order valence-electron chi connectivity index (χ3n) is 3.41. The van der Waals surface area contributed by atoms with Crippen molar-refractivity contribution < 1.29 is 18.8 Å². The van der Waals surface area contributed by atoms with Crippen LogP contribution in [0.5, 0.6) is 11.5 Å².